The van der Waals surface area contributed by atoms with Crippen molar-refractivity contribution in [2.45, 2.75) is 6.54 Å². The maximum atomic E-state index is 11.1. The molecule has 108 valence electrons. The van der Waals surface area contributed by atoms with E-state index >= 15 is 0 Å². The topological polar surface area (TPSA) is 92.4 Å². The van der Waals surface area contributed by atoms with Crippen molar-refractivity contribution in [2.75, 3.05) is 5.32 Å². The van der Waals surface area contributed by atoms with Crippen molar-refractivity contribution >= 4 is 29.2 Å². The lowest BCUT2D eigenvalue weighted by molar-refractivity contribution is 0.0696. The van der Waals surface area contributed by atoms with E-state index in [0.29, 0.717) is 6.54 Å². The van der Waals surface area contributed by atoms with Gasteiger partial charge in [0.1, 0.15) is 0 Å². The predicted molar refractivity (Wildman–Crippen MR) is 80.7 cm³/mol. The van der Waals surface area contributed by atoms with Crippen molar-refractivity contribution in [3.8, 4) is 0 Å². The quantitative estimate of drug-likeness (QED) is 0.792. The number of carboxylic acid groups (broad SMARTS) is 1. The second kappa shape index (κ2) is 6.28. The summed E-state index contributed by atoms with van der Waals surface area (Å²) in [5.74, 6) is -1.53. The van der Waals surface area contributed by atoms with Crippen molar-refractivity contribution in [2.24, 2.45) is 5.73 Å². The fourth-order valence-electron chi connectivity index (χ4n) is 1.79. The van der Waals surface area contributed by atoms with Gasteiger partial charge < -0.3 is 16.2 Å². The average Bonchev–Trinajstić information content (AvgIpc) is 2.45. The molecule has 2 aromatic carbocycles. The van der Waals surface area contributed by atoms with Crippen LogP contribution >= 0.6 is 11.6 Å². The highest BCUT2D eigenvalue weighted by Crippen LogP contribution is 2.21. The first-order chi connectivity index (χ1) is 9.97. The highest BCUT2D eigenvalue weighted by Gasteiger charge is 2.07. The summed E-state index contributed by atoms with van der Waals surface area (Å²) >= 11 is 5.96. The molecule has 0 bridgehead atoms. The van der Waals surface area contributed by atoms with Crippen LogP contribution in [-0.4, -0.2) is 17.0 Å². The van der Waals surface area contributed by atoms with Crippen molar-refractivity contribution in [3.63, 3.8) is 0 Å². The smallest absolute Gasteiger partial charge is 0.335 e. The van der Waals surface area contributed by atoms with Crippen molar-refractivity contribution in [1.82, 2.24) is 0 Å². The molecule has 21 heavy (non-hydrogen) atoms. The van der Waals surface area contributed by atoms with Gasteiger partial charge in [0.15, 0.2) is 0 Å². The van der Waals surface area contributed by atoms with Crippen LogP contribution in [0.3, 0.4) is 0 Å². The molecule has 0 radical (unpaired) electrons. The van der Waals surface area contributed by atoms with E-state index in [1.807, 2.05) is 0 Å². The molecule has 0 saturated heterocycles. The van der Waals surface area contributed by atoms with Gasteiger partial charge >= 0.3 is 5.97 Å². The lowest BCUT2D eigenvalue weighted by Gasteiger charge is -2.08. The van der Waals surface area contributed by atoms with Gasteiger partial charge in [0, 0.05) is 12.2 Å². The molecule has 5 nitrogen and oxygen atoms in total. The zero-order valence-corrected chi connectivity index (χ0v) is 11.7. The van der Waals surface area contributed by atoms with Crippen LogP contribution in [0.1, 0.15) is 26.3 Å². The first kappa shape index (κ1) is 14.9. The van der Waals surface area contributed by atoms with E-state index in [2.05, 4.69) is 5.32 Å². The number of aromatic carboxylic acids is 1. The number of hydrogen-bond acceptors (Lipinski definition) is 3. The number of rotatable bonds is 5. The Balaban J connectivity index is 2.04. The van der Waals surface area contributed by atoms with Crippen LogP contribution in [0.2, 0.25) is 5.02 Å². The van der Waals surface area contributed by atoms with Gasteiger partial charge in [-0.1, -0.05) is 23.7 Å². The number of amides is 1. The number of carbonyl (C=O) groups excluding carboxylic acids is 1. The lowest BCUT2D eigenvalue weighted by Crippen LogP contribution is -2.11. The summed E-state index contributed by atoms with van der Waals surface area (Å²) in [7, 11) is 0. The molecule has 0 aromatic heterocycles. The van der Waals surface area contributed by atoms with Gasteiger partial charge in [0.25, 0.3) is 0 Å². The Morgan fingerprint density at radius 2 is 1.81 bits per heavy atom. The van der Waals surface area contributed by atoms with Gasteiger partial charge in [-0.25, -0.2) is 4.79 Å². The molecule has 0 fully saturated rings. The van der Waals surface area contributed by atoms with Crippen LogP contribution in [0.15, 0.2) is 42.5 Å². The van der Waals surface area contributed by atoms with E-state index in [1.165, 1.54) is 0 Å². The van der Waals surface area contributed by atoms with Gasteiger partial charge in [-0.15, -0.1) is 0 Å². The normalized spacial score (nSPS) is 10.1. The van der Waals surface area contributed by atoms with Crippen LogP contribution in [0.25, 0.3) is 0 Å². The highest BCUT2D eigenvalue weighted by molar-refractivity contribution is 6.34. The summed E-state index contributed by atoms with van der Waals surface area (Å²) in [4.78, 5) is 21.8. The molecule has 4 N–H and O–H groups in total. The predicted octanol–water partition coefficient (Wildman–Crippen LogP) is 2.75. The van der Waals surface area contributed by atoms with E-state index in [4.69, 9.17) is 22.4 Å². The van der Waals surface area contributed by atoms with Gasteiger partial charge in [0.2, 0.25) is 5.91 Å². The summed E-state index contributed by atoms with van der Waals surface area (Å²) in [6.07, 6.45) is 0. The molecular formula is C15H13ClN2O3. The fourth-order valence-corrected chi connectivity index (χ4v) is 2.07. The SMILES string of the molecule is NC(=O)c1ccc(NCc2ccc(C(=O)O)cc2)cc1Cl. The second-order valence-electron chi connectivity index (χ2n) is 4.41. The first-order valence-corrected chi connectivity index (χ1v) is 6.50. The Morgan fingerprint density at radius 1 is 1.14 bits per heavy atom. The largest absolute Gasteiger partial charge is 0.478 e. The molecule has 0 aliphatic rings. The Labute approximate surface area is 126 Å². The van der Waals surface area contributed by atoms with Crippen molar-refractivity contribution < 1.29 is 14.7 Å². The molecule has 2 aromatic rings. The molecule has 0 unspecified atom stereocenters. The number of primary amides is 1. The summed E-state index contributed by atoms with van der Waals surface area (Å²) in [5, 5.41) is 12.2. The van der Waals surface area contributed by atoms with Gasteiger partial charge in [-0.2, -0.15) is 0 Å². The molecule has 6 heteroatoms. The summed E-state index contributed by atoms with van der Waals surface area (Å²) < 4.78 is 0. The average molecular weight is 305 g/mol. The van der Waals surface area contributed by atoms with Gasteiger partial charge in [-0.3, -0.25) is 4.79 Å². The third-order valence-corrected chi connectivity index (χ3v) is 3.24. The molecule has 0 atom stereocenters. The Hall–Kier alpha value is -2.53. The summed E-state index contributed by atoms with van der Waals surface area (Å²) in [5.41, 5.74) is 7.36. The summed E-state index contributed by atoms with van der Waals surface area (Å²) in [6.45, 7) is 0.506. The number of carboxylic acids is 1. The standard InChI is InChI=1S/C15H13ClN2O3/c16-13-7-11(5-6-12(13)14(17)19)18-8-9-1-3-10(4-2-9)15(20)21/h1-7,18H,8H2,(H2,17,19)(H,20,21). The van der Waals surface area contributed by atoms with Gasteiger partial charge in [-0.05, 0) is 35.9 Å². The Bertz CT molecular complexity index is 684. The number of carbonyl (C=O) groups is 2. The first-order valence-electron chi connectivity index (χ1n) is 6.13. The lowest BCUT2D eigenvalue weighted by atomic mass is 10.1. The maximum absolute atomic E-state index is 11.1. The molecular weight excluding hydrogens is 292 g/mol. The number of benzene rings is 2. The van der Waals surface area contributed by atoms with Crippen molar-refractivity contribution in [3.05, 3.63) is 64.2 Å². The third-order valence-electron chi connectivity index (χ3n) is 2.93. The molecule has 0 spiro atoms. The van der Waals surface area contributed by atoms with E-state index in [1.54, 1.807) is 42.5 Å². The Morgan fingerprint density at radius 3 is 2.33 bits per heavy atom. The van der Waals surface area contributed by atoms with Crippen LogP contribution in [0, 0.1) is 0 Å². The second-order valence-corrected chi connectivity index (χ2v) is 4.82. The van der Waals surface area contributed by atoms with Crippen LogP contribution in [0.5, 0.6) is 0 Å². The van der Waals surface area contributed by atoms with Crippen LogP contribution in [-0.2, 0) is 6.54 Å². The van der Waals surface area contributed by atoms with E-state index in [-0.39, 0.29) is 16.1 Å². The molecule has 0 saturated carbocycles. The van der Waals surface area contributed by atoms with Crippen LogP contribution < -0.4 is 11.1 Å². The molecule has 0 heterocycles. The number of halogens is 1. The molecule has 0 aliphatic carbocycles. The molecule has 2 rings (SSSR count). The minimum atomic E-state index is -0.955. The zero-order chi connectivity index (χ0) is 15.4. The van der Waals surface area contributed by atoms with Crippen LogP contribution in [0.4, 0.5) is 5.69 Å². The minimum absolute atomic E-state index is 0.243. The number of anilines is 1. The Kier molecular flexibility index (Phi) is 4.45. The number of nitrogens with one attached hydrogen (secondary N) is 1. The van der Waals surface area contributed by atoms with Crippen molar-refractivity contribution in [1.29, 1.82) is 0 Å². The highest BCUT2D eigenvalue weighted by atomic mass is 35.5. The maximum Gasteiger partial charge on any atom is 0.335 e. The van der Waals surface area contributed by atoms with E-state index in [0.717, 1.165) is 11.3 Å². The third kappa shape index (κ3) is 3.73. The van der Waals surface area contributed by atoms with E-state index < -0.39 is 11.9 Å². The molecule has 0 aliphatic heterocycles. The summed E-state index contributed by atoms with van der Waals surface area (Å²) in [6, 6.07) is 11.4. The zero-order valence-electron chi connectivity index (χ0n) is 11.0. The fraction of sp³-hybridized carbons (Fsp3) is 0.0667. The van der Waals surface area contributed by atoms with E-state index in [9.17, 15) is 9.59 Å². The van der Waals surface area contributed by atoms with Gasteiger partial charge in [0.05, 0.1) is 16.1 Å². The number of hydrogen-bond donors (Lipinski definition) is 3. The monoisotopic (exact) mass is 304 g/mol. The molecule has 1 amide bonds. The number of nitrogens with two attached hydrogens (primary N) is 1. The minimum Gasteiger partial charge on any atom is -0.478 e.